The van der Waals surface area contributed by atoms with Gasteiger partial charge in [-0.1, -0.05) is 32.0 Å². The lowest BCUT2D eigenvalue weighted by atomic mass is 10.3. The summed E-state index contributed by atoms with van der Waals surface area (Å²) in [6, 6.07) is 9.98. The van der Waals surface area contributed by atoms with E-state index in [-0.39, 0.29) is 12.4 Å². The third kappa shape index (κ3) is 6.64. The third-order valence-corrected chi connectivity index (χ3v) is 3.92. The number of rotatable bonds is 6. The fourth-order valence-corrected chi connectivity index (χ4v) is 2.80. The summed E-state index contributed by atoms with van der Waals surface area (Å²) in [5.74, 6) is -0.241. The lowest BCUT2D eigenvalue weighted by Gasteiger charge is -2.01. The predicted molar refractivity (Wildman–Crippen MR) is 89.7 cm³/mol. The number of hydrogen-bond donors (Lipinski definition) is 1. The van der Waals surface area contributed by atoms with Crippen molar-refractivity contribution in [3.05, 3.63) is 41.4 Å². The highest BCUT2D eigenvalue weighted by molar-refractivity contribution is 8.00. The van der Waals surface area contributed by atoms with Crippen molar-refractivity contribution in [2.75, 3.05) is 11.3 Å². The highest BCUT2D eigenvalue weighted by Crippen LogP contribution is 2.23. The van der Waals surface area contributed by atoms with E-state index in [1.54, 1.807) is 6.92 Å². The van der Waals surface area contributed by atoms with E-state index < -0.39 is 0 Å². The Kier molecular flexibility index (Phi) is 8.54. The van der Waals surface area contributed by atoms with Crippen LogP contribution in [0.15, 0.2) is 40.6 Å². The Morgan fingerprint density at radius 1 is 1.33 bits per heavy atom. The Labute approximate surface area is 134 Å². The number of nitrogens with one attached hydrogen (secondary N) is 1. The van der Waals surface area contributed by atoms with Gasteiger partial charge in [0, 0.05) is 10.3 Å². The molecule has 2 aromatic rings. The van der Waals surface area contributed by atoms with Crippen LogP contribution in [0.1, 0.15) is 26.5 Å². The molecule has 21 heavy (non-hydrogen) atoms. The lowest BCUT2D eigenvalue weighted by molar-refractivity contribution is -0.142. The summed E-state index contributed by atoms with van der Waals surface area (Å²) in [7, 11) is 0. The molecule has 114 valence electrons. The fraction of sp³-hybridized carbons (Fsp3) is 0.333. The smallest absolute Gasteiger partial charge is 0.311 e. The molecule has 0 saturated heterocycles. The summed E-state index contributed by atoms with van der Waals surface area (Å²) in [5, 5.41) is 2.65. The molecule has 4 nitrogen and oxygen atoms in total. The van der Waals surface area contributed by atoms with Crippen molar-refractivity contribution < 1.29 is 9.53 Å². The number of nitrogens with zero attached hydrogens (tertiary/aromatic N) is 1. The van der Waals surface area contributed by atoms with Crippen LogP contribution in [0, 0.1) is 0 Å². The first-order valence-corrected chi connectivity index (χ1v) is 8.55. The predicted octanol–water partition coefficient (Wildman–Crippen LogP) is 4.39. The zero-order valence-electron chi connectivity index (χ0n) is 12.5. The van der Waals surface area contributed by atoms with Crippen LogP contribution in [0.5, 0.6) is 0 Å². The van der Waals surface area contributed by atoms with E-state index in [1.165, 1.54) is 23.3 Å². The third-order valence-electron chi connectivity index (χ3n) is 2.18. The van der Waals surface area contributed by atoms with E-state index in [9.17, 15) is 4.79 Å². The van der Waals surface area contributed by atoms with Crippen molar-refractivity contribution in [3.8, 4) is 0 Å². The maximum Gasteiger partial charge on any atom is 0.311 e. The number of aromatic nitrogens is 1. The van der Waals surface area contributed by atoms with Gasteiger partial charge in [0.25, 0.3) is 0 Å². The molecule has 6 heteroatoms. The maximum absolute atomic E-state index is 11.3. The van der Waals surface area contributed by atoms with Crippen molar-refractivity contribution in [2.24, 2.45) is 0 Å². The molecule has 0 fully saturated rings. The summed E-state index contributed by atoms with van der Waals surface area (Å²) < 4.78 is 8.04. The van der Waals surface area contributed by atoms with E-state index in [2.05, 4.69) is 9.71 Å². The first kappa shape index (κ1) is 17.5. The molecule has 0 spiro atoms. The van der Waals surface area contributed by atoms with E-state index in [0.717, 1.165) is 15.7 Å². The van der Waals surface area contributed by atoms with Gasteiger partial charge in [-0.15, -0.1) is 11.3 Å². The fourth-order valence-electron chi connectivity index (χ4n) is 1.39. The van der Waals surface area contributed by atoms with Gasteiger partial charge in [0.2, 0.25) is 0 Å². The summed E-state index contributed by atoms with van der Waals surface area (Å²) in [4.78, 5) is 16.8. The van der Waals surface area contributed by atoms with Crippen molar-refractivity contribution >= 4 is 34.4 Å². The highest BCUT2D eigenvalue weighted by atomic mass is 32.2. The molecular weight excluding hydrogens is 304 g/mol. The molecule has 0 unspecified atom stereocenters. The average molecular weight is 324 g/mol. The molecule has 0 atom stereocenters. The quantitative estimate of drug-likeness (QED) is 0.630. The van der Waals surface area contributed by atoms with Crippen LogP contribution in [-0.4, -0.2) is 17.6 Å². The number of carbonyl (C=O) groups is 1. The standard InChI is InChI=1S/C13H14N2O2S2.C2H6/c1-2-17-12(16)8-10-9-18-13(14-10)15-19-11-6-4-3-5-7-11;1-2/h3-7,9H,2,8H2,1H3,(H,14,15);1-2H3. The van der Waals surface area contributed by atoms with Crippen molar-refractivity contribution in [3.63, 3.8) is 0 Å². The topological polar surface area (TPSA) is 51.2 Å². The van der Waals surface area contributed by atoms with Gasteiger partial charge >= 0.3 is 5.97 Å². The number of ether oxygens (including phenoxy) is 1. The lowest BCUT2D eigenvalue weighted by Crippen LogP contribution is -2.07. The molecule has 0 amide bonds. The molecule has 0 bridgehead atoms. The highest BCUT2D eigenvalue weighted by Gasteiger charge is 2.08. The van der Waals surface area contributed by atoms with Gasteiger partial charge in [0.05, 0.1) is 18.7 Å². The number of anilines is 1. The second-order valence-corrected chi connectivity index (χ2v) is 5.38. The summed E-state index contributed by atoms with van der Waals surface area (Å²) in [6.45, 7) is 6.19. The van der Waals surface area contributed by atoms with Gasteiger partial charge in [-0.05, 0) is 31.0 Å². The van der Waals surface area contributed by atoms with Gasteiger partial charge in [-0.2, -0.15) is 0 Å². The number of thiazole rings is 1. The Hall–Kier alpha value is -1.53. The number of carbonyl (C=O) groups excluding carboxylic acids is 1. The number of benzene rings is 1. The molecule has 2 rings (SSSR count). The zero-order chi connectivity index (χ0) is 15.5. The SMILES string of the molecule is CC.CCOC(=O)Cc1csc(NSc2ccccc2)n1. The second kappa shape index (κ2) is 10.2. The summed E-state index contributed by atoms with van der Waals surface area (Å²) in [6.07, 6.45) is 0.224. The molecule has 1 aromatic carbocycles. The normalized spacial score (nSPS) is 9.48. The van der Waals surface area contributed by atoms with Crippen LogP contribution < -0.4 is 4.72 Å². The van der Waals surface area contributed by atoms with Gasteiger partial charge in [0.15, 0.2) is 5.13 Å². The van der Waals surface area contributed by atoms with E-state index in [4.69, 9.17) is 4.74 Å². The van der Waals surface area contributed by atoms with E-state index in [0.29, 0.717) is 6.61 Å². The average Bonchev–Trinajstić information content (AvgIpc) is 2.96. The number of esters is 1. The maximum atomic E-state index is 11.3. The van der Waals surface area contributed by atoms with Crippen LogP contribution in [-0.2, 0) is 16.0 Å². The van der Waals surface area contributed by atoms with Crippen molar-refractivity contribution in [2.45, 2.75) is 32.1 Å². The van der Waals surface area contributed by atoms with E-state index >= 15 is 0 Å². The molecule has 0 aliphatic heterocycles. The molecule has 0 aliphatic rings. The number of hydrogen-bond acceptors (Lipinski definition) is 6. The van der Waals surface area contributed by atoms with Gasteiger partial charge < -0.3 is 9.46 Å². The van der Waals surface area contributed by atoms with Crippen LogP contribution in [0.3, 0.4) is 0 Å². The van der Waals surface area contributed by atoms with Gasteiger partial charge in [0.1, 0.15) is 0 Å². The first-order chi connectivity index (χ1) is 10.3. The molecular formula is C15H20N2O2S2. The van der Waals surface area contributed by atoms with Crippen molar-refractivity contribution in [1.29, 1.82) is 0 Å². The largest absolute Gasteiger partial charge is 0.466 e. The first-order valence-electron chi connectivity index (χ1n) is 6.86. The Morgan fingerprint density at radius 3 is 2.71 bits per heavy atom. The van der Waals surface area contributed by atoms with Crippen LogP contribution in [0.2, 0.25) is 0 Å². The Balaban J connectivity index is 0.00000106. The summed E-state index contributed by atoms with van der Waals surface area (Å²) >= 11 is 2.98. The minimum atomic E-state index is -0.241. The van der Waals surface area contributed by atoms with Gasteiger partial charge in [-0.3, -0.25) is 4.79 Å². The molecule has 1 N–H and O–H groups in total. The minimum absolute atomic E-state index is 0.224. The second-order valence-electron chi connectivity index (χ2n) is 3.64. The molecule has 0 aliphatic carbocycles. The molecule has 1 aromatic heterocycles. The molecule has 1 heterocycles. The Bertz CT molecular complexity index is 529. The van der Waals surface area contributed by atoms with Gasteiger partial charge in [-0.25, -0.2) is 4.98 Å². The molecule has 0 saturated carbocycles. The Morgan fingerprint density at radius 2 is 2.05 bits per heavy atom. The van der Waals surface area contributed by atoms with E-state index in [1.807, 2.05) is 49.6 Å². The van der Waals surface area contributed by atoms with Crippen LogP contribution in [0.4, 0.5) is 5.13 Å². The van der Waals surface area contributed by atoms with Crippen molar-refractivity contribution in [1.82, 2.24) is 4.98 Å². The van der Waals surface area contributed by atoms with Crippen LogP contribution in [0.25, 0.3) is 0 Å². The zero-order valence-corrected chi connectivity index (χ0v) is 14.1. The monoisotopic (exact) mass is 324 g/mol. The summed E-state index contributed by atoms with van der Waals surface area (Å²) in [5.41, 5.74) is 0.736. The molecule has 0 radical (unpaired) electrons. The minimum Gasteiger partial charge on any atom is -0.466 e. The van der Waals surface area contributed by atoms with Crippen LogP contribution >= 0.6 is 23.3 Å².